The molecule has 0 atom stereocenters. The monoisotopic (exact) mass is 475 g/mol. The summed E-state index contributed by atoms with van der Waals surface area (Å²) in [6.45, 7) is 0.462. The van der Waals surface area contributed by atoms with Crippen LogP contribution < -0.4 is 15.8 Å². The van der Waals surface area contributed by atoms with Crippen molar-refractivity contribution >= 4 is 41.4 Å². The molecule has 0 aliphatic heterocycles. The Morgan fingerprint density at radius 1 is 1.35 bits per heavy atom. The molecule has 1 aromatic heterocycles. The molecule has 2 aromatic rings. The predicted octanol–water partition coefficient (Wildman–Crippen LogP) is 4.04. The summed E-state index contributed by atoms with van der Waals surface area (Å²) in [6.07, 6.45) is -4.18. The Morgan fingerprint density at radius 2 is 1.97 bits per heavy atom. The van der Waals surface area contributed by atoms with Crippen molar-refractivity contribution < 1.29 is 27.5 Å². The zero-order chi connectivity index (χ0) is 23.6. The van der Waals surface area contributed by atoms with Crippen molar-refractivity contribution in [2.75, 3.05) is 19.0 Å². The van der Waals surface area contributed by atoms with Crippen LogP contribution in [0.5, 0.6) is 0 Å². The van der Waals surface area contributed by atoms with Crippen LogP contribution in [0.3, 0.4) is 0 Å². The number of halogens is 4. The molecule has 0 fully saturated rings. The van der Waals surface area contributed by atoms with Gasteiger partial charge in [-0.05, 0) is 42.6 Å². The summed E-state index contributed by atoms with van der Waals surface area (Å²) >= 11 is 6.79. The first-order valence-corrected chi connectivity index (χ1v) is 9.47. The van der Waals surface area contributed by atoms with Gasteiger partial charge in [0.1, 0.15) is 11.2 Å². The summed E-state index contributed by atoms with van der Waals surface area (Å²) in [5.41, 5.74) is 5.32. The number of anilines is 1. The highest BCUT2D eigenvalue weighted by Crippen LogP contribution is 2.23. The molecule has 2 amide bonds. The van der Waals surface area contributed by atoms with E-state index < -0.39 is 24.7 Å². The average Bonchev–Trinajstić information content (AvgIpc) is 2.71. The van der Waals surface area contributed by atoms with E-state index in [1.165, 1.54) is 13.2 Å². The number of carbonyl (C=O) groups is 2. The maximum Gasteiger partial charge on any atom is 0.400 e. The molecule has 166 valence electrons. The second-order valence-electron chi connectivity index (χ2n) is 5.56. The number of esters is 1. The molecule has 13 heteroatoms. The molecule has 2 rings (SSSR count). The molecule has 0 bridgehead atoms. The van der Waals surface area contributed by atoms with Crippen molar-refractivity contribution in [2.24, 2.45) is 5.73 Å². The molecule has 4 N–H and O–H groups in total. The summed E-state index contributed by atoms with van der Waals surface area (Å²) < 4.78 is 39.2. The van der Waals surface area contributed by atoms with E-state index in [2.05, 4.69) is 20.8 Å². The normalized spacial score (nSPS) is 10.3. The van der Waals surface area contributed by atoms with Crippen molar-refractivity contribution in [3.05, 3.63) is 52.2 Å². The largest absolute Gasteiger partial charge is 0.465 e. The third-order valence-corrected chi connectivity index (χ3v) is 4.36. The number of aromatic nitrogens is 1. The number of amides is 2. The smallest absolute Gasteiger partial charge is 0.400 e. The number of ether oxygens (including phenoxy) is 1. The average molecular weight is 476 g/mol. The van der Waals surface area contributed by atoms with Crippen molar-refractivity contribution in [3.8, 4) is 6.07 Å². The molecule has 0 saturated carbocycles. The lowest BCUT2D eigenvalue weighted by molar-refractivity contribution is -0.118. The van der Waals surface area contributed by atoms with Crippen molar-refractivity contribution in [1.29, 1.82) is 5.26 Å². The van der Waals surface area contributed by atoms with Crippen LogP contribution in [0.25, 0.3) is 0 Å². The molecule has 0 unspecified atom stereocenters. The van der Waals surface area contributed by atoms with Gasteiger partial charge in [-0.2, -0.15) is 18.4 Å². The van der Waals surface area contributed by atoms with Crippen LogP contribution in [-0.4, -0.2) is 36.8 Å². The van der Waals surface area contributed by atoms with Crippen LogP contribution in [0.2, 0.25) is 5.15 Å². The standard InChI is InChI=1S/C16H13ClN4O3S.C2H4F3N/c1-9-7-13(17)19-14(11(9)8-18)20-16(23)21-25-12-6-4-3-5-10(12)15(22)24-2;3-2(4,5)1-6/h3-7H,1-2H3,(H2,19,20,21,23);1,6H2. The number of hydrogen-bond donors (Lipinski definition) is 3. The quantitative estimate of drug-likeness (QED) is 0.345. The second-order valence-corrected chi connectivity index (χ2v) is 6.80. The van der Waals surface area contributed by atoms with Gasteiger partial charge in [-0.25, -0.2) is 14.6 Å². The van der Waals surface area contributed by atoms with E-state index in [9.17, 15) is 28.0 Å². The SMILES string of the molecule is COC(=O)c1ccccc1SNC(=O)Nc1nc(Cl)cc(C)c1C#N.NCC(F)(F)F. The van der Waals surface area contributed by atoms with Gasteiger partial charge in [-0.3, -0.25) is 10.0 Å². The highest BCUT2D eigenvalue weighted by molar-refractivity contribution is 7.98. The Bertz CT molecular complexity index is 983. The Labute approximate surface area is 185 Å². The third kappa shape index (κ3) is 8.71. The fraction of sp³-hybridized carbons (Fsp3) is 0.222. The predicted molar refractivity (Wildman–Crippen MR) is 110 cm³/mol. The van der Waals surface area contributed by atoms with Gasteiger partial charge in [0.25, 0.3) is 0 Å². The molecule has 0 radical (unpaired) electrons. The lowest BCUT2D eigenvalue weighted by atomic mass is 10.1. The van der Waals surface area contributed by atoms with E-state index >= 15 is 0 Å². The molecule has 1 aromatic carbocycles. The number of nitrogens with one attached hydrogen (secondary N) is 2. The molecular weight excluding hydrogens is 459 g/mol. The van der Waals surface area contributed by atoms with Gasteiger partial charge < -0.3 is 10.5 Å². The number of nitriles is 1. The molecule has 31 heavy (non-hydrogen) atoms. The number of pyridine rings is 1. The third-order valence-electron chi connectivity index (χ3n) is 3.31. The minimum absolute atomic E-state index is 0.0619. The van der Waals surface area contributed by atoms with Gasteiger partial charge >= 0.3 is 18.2 Å². The zero-order valence-corrected chi connectivity index (χ0v) is 17.8. The van der Waals surface area contributed by atoms with Gasteiger partial charge in [-0.15, -0.1) is 0 Å². The van der Waals surface area contributed by atoms with Crippen LogP contribution >= 0.6 is 23.5 Å². The maximum absolute atomic E-state index is 12.1. The van der Waals surface area contributed by atoms with E-state index in [0.29, 0.717) is 16.0 Å². The number of carbonyl (C=O) groups excluding carboxylic acids is 2. The number of alkyl halides is 3. The van der Waals surface area contributed by atoms with E-state index in [1.807, 2.05) is 6.07 Å². The molecule has 1 heterocycles. The first kappa shape index (κ1) is 26.0. The van der Waals surface area contributed by atoms with Crippen LogP contribution in [0.15, 0.2) is 35.2 Å². The summed E-state index contributed by atoms with van der Waals surface area (Å²) in [4.78, 5) is 28.2. The lowest BCUT2D eigenvalue weighted by Gasteiger charge is -2.10. The molecular formula is C18H17ClF3N5O3S. The van der Waals surface area contributed by atoms with E-state index in [1.54, 1.807) is 31.2 Å². The van der Waals surface area contributed by atoms with Crippen LogP contribution in [-0.2, 0) is 4.74 Å². The Morgan fingerprint density at radius 3 is 2.52 bits per heavy atom. The lowest BCUT2D eigenvalue weighted by Crippen LogP contribution is -2.24. The minimum Gasteiger partial charge on any atom is -0.465 e. The van der Waals surface area contributed by atoms with Crippen molar-refractivity contribution in [3.63, 3.8) is 0 Å². The van der Waals surface area contributed by atoms with Gasteiger partial charge in [0.05, 0.1) is 24.8 Å². The fourth-order valence-electron chi connectivity index (χ4n) is 1.93. The highest BCUT2D eigenvalue weighted by Gasteiger charge is 2.23. The summed E-state index contributed by atoms with van der Waals surface area (Å²) in [6, 6.07) is 9.56. The van der Waals surface area contributed by atoms with Crippen LogP contribution in [0, 0.1) is 18.3 Å². The second kappa shape index (κ2) is 12.0. The van der Waals surface area contributed by atoms with Gasteiger partial charge in [-0.1, -0.05) is 23.7 Å². The van der Waals surface area contributed by atoms with Crippen molar-refractivity contribution in [2.45, 2.75) is 18.0 Å². The molecule has 0 aliphatic carbocycles. The number of nitrogens with zero attached hydrogens (tertiary/aromatic N) is 2. The van der Waals surface area contributed by atoms with Crippen molar-refractivity contribution in [1.82, 2.24) is 9.71 Å². The Kier molecular flexibility index (Phi) is 10.1. The Hall–Kier alpha value is -3.01. The number of benzene rings is 1. The van der Waals surface area contributed by atoms with Gasteiger partial charge in [0.15, 0.2) is 5.82 Å². The zero-order valence-electron chi connectivity index (χ0n) is 16.2. The van der Waals surface area contributed by atoms with Gasteiger partial charge in [0, 0.05) is 4.90 Å². The summed E-state index contributed by atoms with van der Waals surface area (Å²) in [5, 5.41) is 11.8. The van der Waals surface area contributed by atoms with Crippen LogP contribution in [0.1, 0.15) is 21.5 Å². The molecule has 0 saturated heterocycles. The first-order chi connectivity index (χ1) is 14.5. The number of aryl methyl sites for hydroxylation is 1. The van der Waals surface area contributed by atoms with E-state index in [-0.39, 0.29) is 16.5 Å². The fourth-order valence-corrected chi connectivity index (χ4v) is 2.84. The first-order valence-electron chi connectivity index (χ1n) is 8.27. The number of rotatable bonds is 4. The Balaban J connectivity index is 0.000000703. The van der Waals surface area contributed by atoms with E-state index in [0.717, 1.165) is 11.9 Å². The molecule has 8 nitrogen and oxygen atoms in total. The number of urea groups is 1. The molecule has 0 aliphatic rings. The number of hydrogen-bond acceptors (Lipinski definition) is 7. The van der Waals surface area contributed by atoms with Crippen LogP contribution in [0.4, 0.5) is 23.8 Å². The van der Waals surface area contributed by atoms with E-state index in [4.69, 9.17) is 16.3 Å². The topological polar surface area (TPSA) is 130 Å². The number of methoxy groups -OCH3 is 1. The summed E-state index contributed by atoms with van der Waals surface area (Å²) in [5.74, 6) is -0.448. The minimum atomic E-state index is -4.18. The summed E-state index contributed by atoms with van der Waals surface area (Å²) in [7, 11) is 1.28. The maximum atomic E-state index is 12.1. The molecule has 0 spiro atoms. The highest BCUT2D eigenvalue weighted by atomic mass is 35.5. The number of nitrogens with two attached hydrogens (primary N) is 1. The van der Waals surface area contributed by atoms with Gasteiger partial charge in [0.2, 0.25) is 0 Å².